The minimum atomic E-state index is 0. The van der Waals surface area contributed by atoms with Gasteiger partial charge in [0.15, 0.2) is 0 Å². The molecule has 9 heavy (non-hydrogen) atoms. The van der Waals surface area contributed by atoms with Crippen molar-refractivity contribution in [3.8, 4) is 0 Å². The Labute approximate surface area is 141 Å². The fourth-order valence-electron chi connectivity index (χ4n) is 0. The molecule has 0 saturated carbocycles. The average molecular weight is 580 g/mol. The first-order valence-corrected chi connectivity index (χ1v) is 0. The van der Waals surface area contributed by atoms with Gasteiger partial charge in [0.2, 0.25) is 0 Å². The monoisotopic (exact) mass is 574 g/mol. The predicted molar refractivity (Wildman–Crippen MR) is 58.8 cm³/mol. The summed E-state index contributed by atoms with van der Waals surface area (Å²) in [6, 6.07) is 0. The SMILES string of the molecule is Br.Br.Br.Br.Br.O.O.[Ti].[Zr]. The van der Waals surface area contributed by atoms with Crippen LogP contribution in [-0.4, -0.2) is 11.0 Å². The van der Waals surface area contributed by atoms with Crippen molar-refractivity contribution in [2.45, 2.75) is 0 Å². The van der Waals surface area contributed by atoms with E-state index in [1.807, 2.05) is 0 Å². The van der Waals surface area contributed by atoms with Crippen LogP contribution in [0.1, 0.15) is 0 Å². The van der Waals surface area contributed by atoms with E-state index in [2.05, 4.69) is 0 Å². The molecule has 0 radical (unpaired) electrons. The van der Waals surface area contributed by atoms with Crippen molar-refractivity contribution in [3.63, 3.8) is 0 Å². The van der Waals surface area contributed by atoms with Gasteiger partial charge in [-0.3, -0.25) is 0 Å². The molecule has 0 unspecified atom stereocenters. The van der Waals surface area contributed by atoms with E-state index in [0.29, 0.717) is 0 Å². The first-order valence-electron chi connectivity index (χ1n) is 0. The zero-order valence-corrected chi connectivity index (χ0v) is 16.6. The third kappa shape index (κ3) is 76.4. The molecule has 0 rings (SSSR count). The van der Waals surface area contributed by atoms with Gasteiger partial charge in [-0.2, -0.15) is 0 Å². The molecule has 0 aliphatic heterocycles. The second-order valence-electron chi connectivity index (χ2n) is 0. The van der Waals surface area contributed by atoms with Gasteiger partial charge in [-0.25, -0.2) is 0 Å². The molecule has 0 spiro atoms. The Morgan fingerprint density at radius 3 is 0.444 bits per heavy atom. The molecule has 0 aromatic carbocycles. The summed E-state index contributed by atoms with van der Waals surface area (Å²) in [5, 5.41) is 0. The van der Waals surface area contributed by atoms with E-state index in [1.165, 1.54) is 0 Å². The second-order valence-corrected chi connectivity index (χ2v) is 0. The number of hydrogen-bond acceptors (Lipinski definition) is 0. The van der Waals surface area contributed by atoms with Gasteiger partial charge >= 0.3 is 0 Å². The summed E-state index contributed by atoms with van der Waals surface area (Å²) in [6.07, 6.45) is 0. The van der Waals surface area contributed by atoms with E-state index in [9.17, 15) is 0 Å². The van der Waals surface area contributed by atoms with E-state index in [4.69, 9.17) is 0 Å². The topological polar surface area (TPSA) is 63.0 Å². The number of rotatable bonds is 0. The molecule has 0 bridgehead atoms. The fraction of sp³-hybridized carbons (Fsp3) is 0. The van der Waals surface area contributed by atoms with Crippen LogP contribution in [0.25, 0.3) is 0 Å². The van der Waals surface area contributed by atoms with Crippen LogP contribution >= 0.6 is 84.9 Å². The van der Waals surface area contributed by atoms with E-state index in [1.54, 1.807) is 0 Å². The van der Waals surface area contributed by atoms with Crippen LogP contribution in [0.4, 0.5) is 0 Å². The van der Waals surface area contributed by atoms with Crippen LogP contribution in [0.3, 0.4) is 0 Å². The van der Waals surface area contributed by atoms with Gasteiger partial charge in [-0.1, -0.05) is 0 Å². The maximum absolute atomic E-state index is 0. The average Bonchev–Trinajstić information content (AvgIpc) is 0. The van der Waals surface area contributed by atoms with E-state index in [-0.39, 0.29) is 144 Å². The molecule has 4 N–H and O–H groups in total. The zero-order valence-electron chi connectivity index (χ0n) is 4.04. The van der Waals surface area contributed by atoms with Crippen LogP contribution in [0, 0.1) is 0 Å². The van der Waals surface area contributed by atoms with Crippen LogP contribution in [0.15, 0.2) is 0 Å². The summed E-state index contributed by atoms with van der Waals surface area (Å²) in [5.41, 5.74) is 0. The molecule has 0 fully saturated rings. The maximum Gasteiger partial charge on any atom is 0 e. The molecule has 9 heteroatoms. The van der Waals surface area contributed by atoms with E-state index >= 15 is 0 Å². The fourth-order valence-corrected chi connectivity index (χ4v) is 0. The molecule has 0 saturated heterocycles. The molecule has 64 valence electrons. The minimum Gasteiger partial charge on any atom is -0.412 e. The summed E-state index contributed by atoms with van der Waals surface area (Å²) >= 11 is 0. The van der Waals surface area contributed by atoms with Gasteiger partial charge in [-0.05, 0) is 0 Å². The minimum absolute atomic E-state index is 0. The van der Waals surface area contributed by atoms with Crippen molar-refractivity contribution in [2.24, 2.45) is 0 Å². The Morgan fingerprint density at radius 1 is 0.444 bits per heavy atom. The number of hydrogen-bond donors (Lipinski definition) is 0. The Morgan fingerprint density at radius 2 is 0.444 bits per heavy atom. The van der Waals surface area contributed by atoms with Crippen LogP contribution in [-0.2, 0) is 47.9 Å². The quantitative estimate of drug-likeness (QED) is 0.388. The van der Waals surface area contributed by atoms with Crippen LogP contribution in [0.2, 0.25) is 0 Å². The van der Waals surface area contributed by atoms with Crippen molar-refractivity contribution < 1.29 is 58.9 Å². The summed E-state index contributed by atoms with van der Waals surface area (Å²) in [5.74, 6) is 0. The molecule has 0 aliphatic carbocycles. The summed E-state index contributed by atoms with van der Waals surface area (Å²) in [7, 11) is 0. The first-order chi connectivity index (χ1) is 0. The normalized spacial score (nSPS) is 0. The predicted octanol–water partition coefficient (Wildman–Crippen LogP) is 1.24. The van der Waals surface area contributed by atoms with Crippen molar-refractivity contribution >= 4 is 84.9 Å². The summed E-state index contributed by atoms with van der Waals surface area (Å²) < 4.78 is 0. The zero-order chi connectivity index (χ0) is 0. The summed E-state index contributed by atoms with van der Waals surface area (Å²) in [6.45, 7) is 0. The Hall–Kier alpha value is 3.92. The van der Waals surface area contributed by atoms with Crippen molar-refractivity contribution in [2.75, 3.05) is 0 Å². The van der Waals surface area contributed by atoms with Crippen LogP contribution < -0.4 is 0 Å². The summed E-state index contributed by atoms with van der Waals surface area (Å²) in [4.78, 5) is 0. The molecule has 0 aromatic heterocycles. The number of halogens is 5. The molecular weight excluding hydrogens is 571 g/mol. The Kier molecular flexibility index (Phi) is 1230. The first kappa shape index (κ1) is 120. The molecule has 0 atom stereocenters. The van der Waals surface area contributed by atoms with Gasteiger partial charge in [0, 0.05) is 47.9 Å². The maximum atomic E-state index is 0. The second kappa shape index (κ2) is 92.6. The van der Waals surface area contributed by atoms with E-state index in [0.717, 1.165) is 0 Å². The third-order valence-corrected chi connectivity index (χ3v) is 0. The van der Waals surface area contributed by atoms with Gasteiger partial charge in [-0.15, -0.1) is 84.9 Å². The van der Waals surface area contributed by atoms with Gasteiger partial charge in [0.05, 0.1) is 0 Å². The molecule has 0 aromatic rings. The standard InChI is InChI=1S/5BrH.2H2O.Ti.Zr/h5*1H;2*1H2;;. The Bertz CT molecular complexity index is 14.9. The van der Waals surface area contributed by atoms with Crippen molar-refractivity contribution in [3.05, 3.63) is 0 Å². The molecular formula is H9Br5O2TiZr. The van der Waals surface area contributed by atoms with Crippen molar-refractivity contribution in [1.82, 2.24) is 0 Å². The van der Waals surface area contributed by atoms with Gasteiger partial charge in [0.25, 0.3) is 0 Å². The molecule has 2 nitrogen and oxygen atoms in total. The van der Waals surface area contributed by atoms with Gasteiger partial charge < -0.3 is 11.0 Å². The molecule has 0 aliphatic rings. The van der Waals surface area contributed by atoms with Crippen molar-refractivity contribution in [1.29, 1.82) is 0 Å². The largest absolute Gasteiger partial charge is 0.412 e. The smallest absolute Gasteiger partial charge is 0 e. The van der Waals surface area contributed by atoms with Gasteiger partial charge in [0.1, 0.15) is 0 Å². The Balaban J connectivity index is 0. The van der Waals surface area contributed by atoms with E-state index < -0.39 is 0 Å². The molecule has 0 heterocycles. The van der Waals surface area contributed by atoms with Crippen LogP contribution in [0.5, 0.6) is 0 Å². The molecule has 0 amide bonds. The third-order valence-electron chi connectivity index (χ3n) is 0.